The van der Waals surface area contributed by atoms with Gasteiger partial charge in [0.15, 0.2) is 18.1 Å². The largest absolute Gasteiger partial charge is 0.477 e. The summed E-state index contributed by atoms with van der Waals surface area (Å²) in [5.74, 6) is -3.25. The second-order valence-electron chi connectivity index (χ2n) is 11.6. The summed E-state index contributed by atoms with van der Waals surface area (Å²) < 4.78 is -0.371. The molecule has 0 saturated carbocycles. The fourth-order valence-electron chi connectivity index (χ4n) is 6.35. The summed E-state index contributed by atoms with van der Waals surface area (Å²) in [5.41, 5.74) is 0. The number of nitrogens with zero attached hydrogens (tertiary/aromatic N) is 1. The van der Waals surface area contributed by atoms with Gasteiger partial charge in [-0.05, 0) is 51.4 Å². The molecular weight excluding hydrogens is 506 g/mol. The molecule has 3 atom stereocenters. The third-order valence-electron chi connectivity index (χ3n) is 8.35. The number of quaternary nitrogens is 1. The third-order valence-corrected chi connectivity index (χ3v) is 8.35. The van der Waals surface area contributed by atoms with Gasteiger partial charge in [0.05, 0.1) is 6.54 Å². The van der Waals surface area contributed by atoms with Crippen LogP contribution in [0.1, 0.15) is 156 Å². The smallest absolute Gasteiger partial charge is 0.362 e. The van der Waals surface area contributed by atoms with E-state index < -0.39 is 36.0 Å². The van der Waals surface area contributed by atoms with Crippen LogP contribution < -0.4 is 0 Å². The summed E-state index contributed by atoms with van der Waals surface area (Å²) in [7, 11) is 0. The van der Waals surface area contributed by atoms with Crippen molar-refractivity contribution in [1.82, 2.24) is 0 Å². The van der Waals surface area contributed by atoms with E-state index in [1.807, 2.05) is 20.8 Å². The van der Waals surface area contributed by atoms with Crippen LogP contribution in [-0.4, -0.2) is 62.4 Å². The van der Waals surface area contributed by atoms with Crippen molar-refractivity contribution in [2.75, 3.05) is 6.54 Å². The molecule has 0 radical (unpaired) electrons. The van der Waals surface area contributed by atoms with Gasteiger partial charge in [0.25, 0.3) is 0 Å². The lowest BCUT2D eigenvalue weighted by Gasteiger charge is -2.50. The number of carboxylic acids is 3. The Kier molecular flexibility index (Phi) is 22.7. The van der Waals surface area contributed by atoms with E-state index in [1.165, 1.54) is 57.8 Å². The molecule has 0 aliphatic carbocycles. The molecule has 0 aromatic heterocycles. The van der Waals surface area contributed by atoms with Crippen LogP contribution >= 0.6 is 0 Å². The molecule has 0 fully saturated rings. The molecule has 0 aromatic rings. The van der Waals surface area contributed by atoms with Gasteiger partial charge in [-0.3, -0.25) is 4.48 Å². The lowest BCUT2D eigenvalue weighted by atomic mass is 9.91. The summed E-state index contributed by atoms with van der Waals surface area (Å²) in [6.07, 6.45) is 23.2. The standard InChI is InChI=1S/C33H61NO6/c1-5-9-10-11-12-13-14-15-16-17-18-19-20-21-22-23-27-34(28(24-6-2)31(35)36,29(25-7-3)32(37)38)30(26-8-4)33(39)40/h9-10,28-30H,5-8,11-27H2,1-4H3,(H2-,35,36,37,38,39,40)/p+1/b10-9+. The first-order valence-corrected chi connectivity index (χ1v) is 16.4. The number of unbranched alkanes of at least 4 members (excludes halogenated alkanes) is 12. The van der Waals surface area contributed by atoms with Crippen molar-refractivity contribution in [3.8, 4) is 0 Å². The molecule has 40 heavy (non-hydrogen) atoms. The molecule has 0 heterocycles. The molecule has 7 heteroatoms. The SMILES string of the molecule is CC/C=C/CCCCCCCCCCCCCC[N+](C(CCC)C(=O)O)(C(CCC)C(=O)O)C(CCC)C(=O)O. The first kappa shape index (κ1) is 38.1. The Bertz CT molecular complexity index is 647. The highest BCUT2D eigenvalue weighted by Crippen LogP contribution is 2.34. The molecule has 7 nitrogen and oxygen atoms in total. The van der Waals surface area contributed by atoms with E-state index >= 15 is 0 Å². The highest BCUT2D eigenvalue weighted by atomic mass is 16.4. The van der Waals surface area contributed by atoms with Crippen LogP contribution in [-0.2, 0) is 14.4 Å². The number of carbonyl (C=O) groups is 3. The topological polar surface area (TPSA) is 112 Å². The van der Waals surface area contributed by atoms with Gasteiger partial charge in [-0.2, -0.15) is 0 Å². The van der Waals surface area contributed by atoms with Crippen molar-refractivity contribution in [2.24, 2.45) is 0 Å². The minimum atomic E-state index is -1.08. The van der Waals surface area contributed by atoms with E-state index in [-0.39, 0.29) is 30.3 Å². The van der Waals surface area contributed by atoms with Crippen LogP contribution in [0.5, 0.6) is 0 Å². The zero-order valence-electron chi connectivity index (χ0n) is 26.2. The lowest BCUT2D eigenvalue weighted by molar-refractivity contribution is -0.973. The van der Waals surface area contributed by atoms with Crippen LogP contribution in [0.15, 0.2) is 12.2 Å². The van der Waals surface area contributed by atoms with E-state index in [4.69, 9.17) is 0 Å². The first-order chi connectivity index (χ1) is 19.2. The highest BCUT2D eigenvalue weighted by molar-refractivity contribution is 5.78. The third kappa shape index (κ3) is 14.1. The van der Waals surface area contributed by atoms with Gasteiger partial charge >= 0.3 is 17.9 Å². The number of carboxylic acid groups (broad SMARTS) is 3. The Labute approximate surface area is 245 Å². The van der Waals surface area contributed by atoms with E-state index in [2.05, 4.69) is 19.1 Å². The van der Waals surface area contributed by atoms with Crippen LogP contribution in [0.2, 0.25) is 0 Å². The fourth-order valence-corrected chi connectivity index (χ4v) is 6.35. The molecule has 0 amide bonds. The van der Waals surface area contributed by atoms with Gasteiger partial charge in [-0.25, -0.2) is 14.4 Å². The molecule has 0 rings (SSSR count). The monoisotopic (exact) mass is 568 g/mol. The Hall–Kier alpha value is -1.89. The average Bonchev–Trinajstić information content (AvgIpc) is 2.91. The molecule has 3 unspecified atom stereocenters. The minimum Gasteiger partial charge on any atom is -0.477 e. The molecule has 3 N–H and O–H groups in total. The Balaban J connectivity index is 5.07. The van der Waals surface area contributed by atoms with Crippen LogP contribution in [0.3, 0.4) is 0 Å². The summed E-state index contributed by atoms with van der Waals surface area (Å²) in [5, 5.41) is 30.8. The number of allylic oxidation sites excluding steroid dienone is 2. The minimum absolute atomic E-state index is 0.270. The zero-order chi connectivity index (χ0) is 30.2. The molecule has 0 bridgehead atoms. The molecule has 0 spiro atoms. The molecular formula is C33H62NO6+. The van der Waals surface area contributed by atoms with Crippen LogP contribution in [0.4, 0.5) is 0 Å². The summed E-state index contributed by atoms with van der Waals surface area (Å²) in [6, 6.07) is -3.13. The first-order valence-electron chi connectivity index (χ1n) is 16.4. The second-order valence-corrected chi connectivity index (χ2v) is 11.6. The number of hydrogen-bond acceptors (Lipinski definition) is 3. The molecule has 0 aliphatic heterocycles. The van der Waals surface area contributed by atoms with Gasteiger partial charge < -0.3 is 15.3 Å². The maximum Gasteiger partial charge on any atom is 0.362 e. The maximum atomic E-state index is 12.6. The molecule has 0 aromatic carbocycles. The molecule has 0 saturated heterocycles. The van der Waals surface area contributed by atoms with Crippen molar-refractivity contribution in [3.63, 3.8) is 0 Å². The highest BCUT2D eigenvalue weighted by Gasteiger charge is 2.56. The predicted molar refractivity (Wildman–Crippen MR) is 164 cm³/mol. The van der Waals surface area contributed by atoms with Gasteiger partial charge in [0.2, 0.25) is 0 Å². The van der Waals surface area contributed by atoms with Crippen LogP contribution in [0, 0.1) is 0 Å². The van der Waals surface area contributed by atoms with Crippen molar-refractivity contribution < 1.29 is 34.2 Å². The van der Waals surface area contributed by atoms with Crippen LogP contribution in [0.25, 0.3) is 0 Å². The van der Waals surface area contributed by atoms with Crippen molar-refractivity contribution >= 4 is 17.9 Å². The second kappa shape index (κ2) is 23.8. The number of aliphatic carboxylic acids is 3. The van der Waals surface area contributed by atoms with E-state index in [9.17, 15) is 29.7 Å². The summed E-state index contributed by atoms with van der Waals surface area (Å²) >= 11 is 0. The predicted octanol–water partition coefficient (Wildman–Crippen LogP) is 8.60. The van der Waals surface area contributed by atoms with Crippen molar-refractivity contribution in [1.29, 1.82) is 0 Å². The fraction of sp³-hybridized carbons (Fsp3) is 0.848. The van der Waals surface area contributed by atoms with E-state index in [1.54, 1.807) is 0 Å². The Morgan fingerprint density at radius 2 is 0.850 bits per heavy atom. The van der Waals surface area contributed by atoms with Gasteiger partial charge in [-0.1, -0.05) is 97.6 Å². The number of hydrogen-bond donors (Lipinski definition) is 3. The molecule has 234 valence electrons. The average molecular weight is 569 g/mol. The summed E-state index contributed by atoms with van der Waals surface area (Å²) in [6.45, 7) is 8.08. The quantitative estimate of drug-likeness (QED) is 0.0495. The molecule has 0 aliphatic rings. The maximum absolute atomic E-state index is 12.6. The normalized spacial score (nSPS) is 15.5. The van der Waals surface area contributed by atoms with E-state index in [0.29, 0.717) is 25.7 Å². The van der Waals surface area contributed by atoms with E-state index in [0.717, 1.165) is 25.7 Å². The van der Waals surface area contributed by atoms with Gasteiger partial charge in [-0.15, -0.1) is 0 Å². The zero-order valence-corrected chi connectivity index (χ0v) is 26.2. The lowest BCUT2D eigenvalue weighted by Crippen LogP contribution is -2.72. The van der Waals surface area contributed by atoms with Crippen molar-refractivity contribution in [2.45, 2.75) is 174 Å². The van der Waals surface area contributed by atoms with Crippen molar-refractivity contribution in [3.05, 3.63) is 12.2 Å². The number of rotatable bonds is 28. The Morgan fingerprint density at radius 3 is 1.15 bits per heavy atom. The summed E-state index contributed by atoms with van der Waals surface area (Å²) in [4.78, 5) is 37.7. The van der Waals surface area contributed by atoms with Gasteiger partial charge in [0.1, 0.15) is 0 Å². The van der Waals surface area contributed by atoms with Gasteiger partial charge in [0, 0.05) is 19.3 Å². The Morgan fingerprint density at radius 1 is 0.525 bits per heavy atom.